The van der Waals surface area contributed by atoms with Crippen LogP contribution < -0.4 is 5.32 Å². The van der Waals surface area contributed by atoms with Crippen molar-refractivity contribution in [3.05, 3.63) is 105 Å². The third-order valence-electron chi connectivity index (χ3n) is 5.06. The molecule has 1 aromatic heterocycles. The smallest absolute Gasteiger partial charge is 0.270 e. The minimum Gasteiger partial charge on any atom is -0.350 e. The molecule has 1 amide bonds. The molecule has 0 aliphatic rings. The molecule has 0 saturated heterocycles. The van der Waals surface area contributed by atoms with Gasteiger partial charge in [0.05, 0.1) is 11.4 Å². The predicted molar refractivity (Wildman–Crippen MR) is 126 cm³/mol. The van der Waals surface area contributed by atoms with Crippen molar-refractivity contribution in [3.8, 4) is 16.9 Å². The SMILES string of the molecule is Cc1ccc(-n2nc(-c3ccc(F)cc3)cc2C(=O)NCCc2ccc(Cl)cc2Cl)cc1. The Bertz CT molecular complexity index is 1250. The molecule has 1 N–H and O–H groups in total. The highest BCUT2D eigenvalue weighted by molar-refractivity contribution is 6.35. The summed E-state index contributed by atoms with van der Waals surface area (Å²) in [6, 6.07) is 20.7. The molecule has 0 aliphatic carbocycles. The van der Waals surface area contributed by atoms with Gasteiger partial charge in [0.2, 0.25) is 0 Å². The fraction of sp³-hybridized carbons (Fsp3) is 0.120. The highest BCUT2D eigenvalue weighted by Crippen LogP contribution is 2.23. The van der Waals surface area contributed by atoms with Gasteiger partial charge in [0.25, 0.3) is 5.91 Å². The summed E-state index contributed by atoms with van der Waals surface area (Å²) in [6.07, 6.45) is 0.561. The first-order chi connectivity index (χ1) is 15.4. The highest BCUT2D eigenvalue weighted by Gasteiger charge is 2.18. The summed E-state index contributed by atoms with van der Waals surface area (Å²) in [6.45, 7) is 2.39. The molecule has 0 bridgehead atoms. The van der Waals surface area contributed by atoms with Gasteiger partial charge in [-0.15, -0.1) is 0 Å². The number of carbonyl (C=O) groups excluding carboxylic acids is 1. The number of nitrogens with one attached hydrogen (secondary N) is 1. The van der Waals surface area contributed by atoms with Gasteiger partial charge in [-0.05, 0) is 73.5 Å². The number of carbonyl (C=O) groups is 1. The van der Waals surface area contributed by atoms with Gasteiger partial charge in [-0.25, -0.2) is 9.07 Å². The first kappa shape index (κ1) is 22.1. The maximum atomic E-state index is 13.3. The van der Waals surface area contributed by atoms with Crippen molar-refractivity contribution in [2.24, 2.45) is 0 Å². The molecule has 162 valence electrons. The molecule has 4 rings (SSSR count). The summed E-state index contributed by atoms with van der Waals surface area (Å²) >= 11 is 12.2. The molecular formula is C25H20Cl2FN3O. The van der Waals surface area contributed by atoms with E-state index in [0.29, 0.717) is 34.4 Å². The van der Waals surface area contributed by atoms with E-state index in [9.17, 15) is 9.18 Å². The van der Waals surface area contributed by atoms with Crippen LogP contribution in [0, 0.1) is 12.7 Å². The average Bonchev–Trinajstić information content (AvgIpc) is 3.22. The van der Waals surface area contributed by atoms with Crippen LogP contribution >= 0.6 is 23.2 Å². The Labute approximate surface area is 195 Å². The minimum atomic E-state index is -0.328. The first-order valence-corrected chi connectivity index (χ1v) is 10.8. The van der Waals surface area contributed by atoms with Crippen LogP contribution in [0.2, 0.25) is 10.0 Å². The van der Waals surface area contributed by atoms with Crippen molar-refractivity contribution in [1.29, 1.82) is 0 Å². The van der Waals surface area contributed by atoms with E-state index in [-0.39, 0.29) is 11.7 Å². The number of aryl methyl sites for hydroxylation is 1. The molecule has 0 unspecified atom stereocenters. The first-order valence-electron chi connectivity index (χ1n) is 10.1. The minimum absolute atomic E-state index is 0.267. The van der Waals surface area contributed by atoms with Gasteiger partial charge in [0, 0.05) is 22.2 Å². The Morgan fingerprint density at radius 2 is 1.72 bits per heavy atom. The van der Waals surface area contributed by atoms with Crippen LogP contribution in [0.5, 0.6) is 0 Å². The van der Waals surface area contributed by atoms with Crippen molar-refractivity contribution in [2.45, 2.75) is 13.3 Å². The molecule has 0 spiro atoms. The highest BCUT2D eigenvalue weighted by atomic mass is 35.5. The molecule has 7 heteroatoms. The van der Waals surface area contributed by atoms with Crippen molar-refractivity contribution in [1.82, 2.24) is 15.1 Å². The van der Waals surface area contributed by atoms with Gasteiger partial charge >= 0.3 is 0 Å². The molecule has 4 nitrogen and oxygen atoms in total. The predicted octanol–water partition coefficient (Wildman–Crippen LogP) is 6.27. The van der Waals surface area contributed by atoms with Gasteiger partial charge in [-0.3, -0.25) is 4.79 Å². The maximum Gasteiger partial charge on any atom is 0.270 e. The summed E-state index contributed by atoms with van der Waals surface area (Å²) < 4.78 is 14.9. The maximum absolute atomic E-state index is 13.3. The molecular weight excluding hydrogens is 448 g/mol. The number of nitrogens with zero attached hydrogens (tertiary/aromatic N) is 2. The van der Waals surface area contributed by atoms with Crippen LogP contribution in [0.3, 0.4) is 0 Å². The van der Waals surface area contributed by atoms with E-state index >= 15 is 0 Å². The molecule has 4 aromatic rings. The lowest BCUT2D eigenvalue weighted by Gasteiger charge is -2.09. The second-order valence-electron chi connectivity index (χ2n) is 7.41. The fourth-order valence-corrected chi connectivity index (χ4v) is 3.82. The second-order valence-corrected chi connectivity index (χ2v) is 8.25. The van der Waals surface area contributed by atoms with Gasteiger partial charge in [-0.2, -0.15) is 5.10 Å². The Kier molecular flexibility index (Phi) is 6.58. The number of aromatic nitrogens is 2. The van der Waals surface area contributed by atoms with E-state index in [1.807, 2.05) is 37.3 Å². The van der Waals surface area contributed by atoms with E-state index in [1.165, 1.54) is 12.1 Å². The lowest BCUT2D eigenvalue weighted by molar-refractivity contribution is 0.0946. The molecule has 0 radical (unpaired) electrons. The Morgan fingerprint density at radius 1 is 1.00 bits per heavy atom. The van der Waals surface area contributed by atoms with E-state index in [0.717, 1.165) is 22.4 Å². The van der Waals surface area contributed by atoms with Crippen molar-refractivity contribution in [2.75, 3.05) is 6.54 Å². The van der Waals surface area contributed by atoms with E-state index in [4.69, 9.17) is 23.2 Å². The van der Waals surface area contributed by atoms with Crippen molar-refractivity contribution >= 4 is 29.1 Å². The zero-order chi connectivity index (χ0) is 22.7. The molecule has 0 saturated carbocycles. The van der Waals surface area contributed by atoms with Crippen LogP contribution in [0.4, 0.5) is 4.39 Å². The quantitative estimate of drug-likeness (QED) is 0.363. The normalized spacial score (nSPS) is 10.9. The second kappa shape index (κ2) is 9.55. The van der Waals surface area contributed by atoms with E-state index < -0.39 is 0 Å². The summed E-state index contributed by atoms with van der Waals surface area (Å²) in [7, 11) is 0. The number of benzene rings is 3. The van der Waals surface area contributed by atoms with Crippen LogP contribution in [0.15, 0.2) is 72.8 Å². The fourth-order valence-electron chi connectivity index (χ4n) is 3.31. The summed E-state index contributed by atoms with van der Waals surface area (Å²) in [5, 5.41) is 8.68. The number of halogens is 3. The van der Waals surface area contributed by atoms with Crippen LogP contribution in [-0.4, -0.2) is 22.2 Å². The topological polar surface area (TPSA) is 46.9 Å². The van der Waals surface area contributed by atoms with Crippen LogP contribution in [0.1, 0.15) is 21.6 Å². The molecule has 0 aliphatic heterocycles. The van der Waals surface area contributed by atoms with Gasteiger partial charge in [0.15, 0.2) is 0 Å². The third-order valence-corrected chi connectivity index (χ3v) is 5.64. The molecule has 32 heavy (non-hydrogen) atoms. The summed E-state index contributed by atoms with van der Waals surface area (Å²) in [5.41, 5.74) is 4.45. The summed E-state index contributed by atoms with van der Waals surface area (Å²) in [4.78, 5) is 13.0. The lowest BCUT2D eigenvalue weighted by Crippen LogP contribution is -2.27. The van der Waals surface area contributed by atoms with Gasteiger partial charge < -0.3 is 5.32 Å². The largest absolute Gasteiger partial charge is 0.350 e. The molecule has 3 aromatic carbocycles. The third kappa shape index (κ3) is 5.01. The molecule has 0 atom stereocenters. The number of rotatable bonds is 6. The van der Waals surface area contributed by atoms with E-state index in [2.05, 4.69) is 10.4 Å². The Balaban J connectivity index is 1.59. The standard InChI is InChI=1S/C25H20Cl2FN3O/c1-16-2-10-21(11-3-16)31-24(15-23(30-31)18-5-8-20(28)9-6-18)25(32)29-13-12-17-4-7-19(26)14-22(17)27/h2-11,14-15H,12-13H2,1H3,(H,29,32). The average molecular weight is 468 g/mol. The van der Waals surface area contributed by atoms with Gasteiger partial charge in [0.1, 0.15) is 11.5 Å². The number of hydrogen-bond donors (Lipinski definition) is 1. The zero-order valence-corrected chi connectivity index (χ0v) is 18.8. The number of amides is 1. The van der Waals surface area contributed by atoms with Crippen molar-refractivity contribution < 1.29 is 9.18 Å². The molecule has 1 heterocycles. The van der Waals surface area contributed by atoms with Crippen LogP contribution in [-0.2, 0) is 6.42 Å². The Morgan fingerprint density at radius 3 is 2.41 bits per heavy atom. The van der Waals surface area contributed by atoms with E-state index in [1.54, 1.807) is 35.0 Å². The summed E-state index contributed by atoms with van der Waals surface area (Å²) in [5.74, 6) is -0.595. The molecule has 0 fully saturated rings. The van der Waals surface area contributed by atoms with Gasteiger partial charge in [-0.1, -0.05) is 47.0 Å². The number of hydrogen-bond acceptors (Lipinski definition) is 2. The lowest BCUT2D eigenvalue weighted by atomic mass is 10.1. The van der Waals surface area contributed by atoms with Crippen molar-refractivity contribution in [3.63, 3.8) is 0 Å². The zero-order valence-electron chi connectivity index (χ0n) is 17.3. The van der Waals surface area contributed by atoms with Crippen LogP contribution in [0.25, 0.3) is 16.9 Å². The Hall–Kier alpha value is -3.15. The monoisotopic (exact) mass is 467 g/mol.